The minimum Gasteiger partial charge on any atom is -0.562 e. The van der Waals surface area contributed by atoms with Gasteiger partial charge in [-0.25, -0.2) is 4.79 Å². The van der Waals surface area contributed by atoms with Gasteiger partial charge in [-0.3, -0.25) is 9.69 Å². The maximum absolute atomic E-state index is 11.7. The average Bonchev–Trinajstić information content (AvgIpc) is 3.23. The van der Waals surface area contributed by atoms with Crippen molar-refractivity contribution in [3.63, 3.8) is 0 Å². The molecule has 0 spiro atoms. The van der Waals surface area contributed by atoms with Crippen LogP contribution < -0.4 is 15.1 Å². The van der Waals surface area contributed by atoms with Crippen molar-refractivity contribution in [2.24, 2.45) is 5.73 Å². The number of carboxylic acid groups (broad SMARTS) is 1. The second-order valence-electron chi connectivity index (χ2n) is 6.32. The minimum absolute atomic E-state index is 0.0810. The van der Waals surface area contributed by atoms with E-state index in [1.54, 1.807) is 13.5 Å². The number of carboxylic acids is 1. The molecule has 0 bridgehead atoms. The number of nitrogens with zero attached hydrogens (tertiary/aromatic N) is 1. The third-order valence-electron chi connectivity index (χ3n) is 4.56. The summed E-state index contributed by atoms with van der Waals surface area (Å²) in [6.07, 6.45) is 0.864. The number of amides is 1. The third kappa shape index (κ3) is 2.52. The van der Waals surface area contributed by atoms with E-state index in [-0.39, 0.29) is 24.1 Å². The van der Waals surface area contributed by atoms with E-state index in [4.69, 9.17) is 15.1 Å². The Hall–Kier alpha value is -2.22. The number of nitrogens with two attached hydrogens (primary N) is 1. The zero-order valence-electron chi connectivity index (χ0n) is 12.4. The van der Waals surface area contributed by atoms with E-state index >= 15 is 0 Å². The molecular formula is C15H16BN2O5. The van der Waals surface area contributed by atoms with Crippen LogP contribution in [0.5, 0.6) is 11.5 Å². The molecule has 2 unspecified atom stereocenters. The molecule has 7 nitrogen and oxygen atoms in total. The first-order chi connectivity index (χ1) is 11.0. The maximum atomic E-state index is 11.7. The third-order valence-corrected chi connectivity index (χ3v) is 4.56. The summed E-state index contributed by atoms with van der Waals surface area (Å²) in [4.78, 5) is 24.4. The van der Waals surface area contributed by atoms with E-state index in [0.717, 1.165) is 12.0 Å². The molecule has 23 heavy (non-hydrogen) atoms. The van der Waals surface area contributed by atoms with E-state index in [1.165, 1.54) is 0 Å². The summed E-state index contributed by atoms with van der Waals surface area (Å²) in [6, 6.07) is 3.61. The average molecular weight is 315 g/mol. The van der Waals surface area contributed by atoms with Gasteiger partial charge in [-0.2, -0.15) is 0 Å². The Kier molecular flexibility index (Phi) is 3.23. The number of fused-ring (bicyclic) bond motifs is 3. The topological polar surface area (TPSA) is 102 Å². The summed E-state index contributed by atoms with van der Waals surface area (Å²) < 4.78 is 11.4. The first-order valence-corrected chi connectivity index (χ1v) is 7.60. The Morgan fingerprint density at radius 3 is 2.91 bits per heavy atom. The largest absolute Gasteiger partial charge is 0.562 e. The van der Waals surface area contributed by atoms with Crippen molar-refractivity contribution in [1.29, 1.82) is 0 Å². The molecule has 2 atom stereocenters. The van der Waals surface area contributed by atoms with E-state index in [0.29, 0.717) is 36.3 Å². The van der Waals surface area contributed by atoms with Gasteiger partial charge < -0.3 is 20.2 Å². The highest BCUT2D eigenvalue weighted by atomic mass is 16.5. The zero-order valence-corrected chi connectivity index (χ0v) is 12.4. The van der Waals surface area contributed by atoms with Crippen LogP contribution in [-0.4, -0.2) is 55.1 Å². The summed E-state index contributed by atoms with van der Waals surface area (Å²) in [6.45, 7) is 1.30. The lowest BCUT2D eigenvalue weighted by atomic mass is 9.84. The molecule has 8 heteroatoms. The summed E-state index contributed by atoms with van der Waals surface area (Å²) in [5.41, 5.74) is 6.17. The van der Waals surface area contributed by atoms with Gasteiger partial charge in [0.2, 0.25) is 5.91 Å². The summed E-state index contributed by atoms with van der Waals surface area (Å²) in [7, 11) is 1.72. The maximum Gasteiger partial charge on any atom is 0.373 e. The highest BCUT2D eigenvalue weighted by Crippen LogP contribution is 2.59. The molecule has 4 rings (SSSR count). The van der Waals surface area contributed by atoms with Gasteiger partial charge >= 0.3 is 13.5 Å². The number of carbonyl (C=O) groups excluding carboxylic acids is 1. The molecule has 1 radical (unpaired) electrons. The normalized spacial score (nSPS) is 25.2. The monoisotopic (exact) mass is 315 g/mol. The molecule has 119 valence electrons. The Labute approximate surface area is 133 Å². The van der Waals surface area contributed by atoms with Crippen molar-refractivity contribution in [3.05, 3.63) is 23.3 Å². The minimum atomic E-state index is -1.06. The van der Waals surface area contributed by atoms with Gasteiger partial charge in [-0.15, -0.1) is 0 Å². The molecule has 1 amide bonds. The lowest BCUT2D eigenvalue weighted by Gasteiger charge is -2.38. The molecule has 1 saturated heterocycles. The van der Waals surface area contributed by atoms with Crippen molar-refractivity contribution in [1.82, 2.24) is 4.90 Å². The number of ether oxygens (including phenoxy) is 1. The van der Waals surface area contributed by atoms with Gasteiger partial charge in [0.15, 0.2) is 0 Å². The van der Waals surface area contributed by atoms with Crippen LogP contribution in [0.4, 0.5) is 0 Å². The number of likely N-dealkylation sites (tertiary alicyclic amines) is 1. The highest BCUT2D eigenvalue weighted by molar-refractivity contribution is 6.34. The molecule has 2 aliphatic heterocycles. The van der Waals surface area contributed by atoms with E-state index in [2.05, 4.69) is 0 Å². The van der Waals surface area contributed by atoms with Crippen LogP contribution in [0.25, 0.3) is 0 Å². The van der Waals surface area contributed by atoms with Gasteiger partial charge in [-0.1, -0.05) is 6.07 Å². The summed E-state index contributed by atoms with van der Waals surface area (Å²) in [5, 5.41) is 9.55. The predicted octanol–water partition coefficient (Wildman–Crippen LogP) is 0.221. The standard InChI is InChI=1S/C15H16BN2O5/c17-12(19)6-18-4-7(5-18)22-11-2-1-8-9-3-10(9)16-23-14(8)13(11)15(20)21/h1-2,7,9-10H,3-6H2,(H2,17,19)(H,20,21). The number of aromatic carboxylic acids is 1. The molecule has 3 N–H and O–H groups in total. The van der Waals surface area contributed by atoms with Crippen molar-refractivity contribution >= 4 is 19.4 Å². The molecule has 0 aromatic heterocycles. The second kappa shape index (κ2) is 5.16. The van der Waals surface area contributed by atoms with Crippen LogP contribution in [0.1, 0.15) is 28.3 Å². The number of benzene rings is 1. The first-order valence-electron chi connectivity index (χ1n) is 7.60. The Morgan fingerprint density at radius 1 is 1.43 bits per heavy atom. The Morgan fingerprint density at radius 2 is 2.22 bits per heavy atom. The molecule has 1 aromatic rings. The fraction of sp³-hybridized carbons (Fsp3) is 0.467. The second-order valence-corrected chi connectivity index (χ2v) is 6.32. The van der Waals surface area contributed by atoms with Crippen molar-refractivity contribution < 1.29 is 24.1 Å². The predicted molar refractivity (Wildman–Crippen MR) is 80.9 cm³/mol. The van der Waals surface area contributed by atoms with Crippen molar-refractivity contribution in [3.8, 4) is 11.5 Å². The molecule has 2 fully saturated rings. The number of rotatable bonds is 5. The fourth-order valence-electron chi connectivity index (χ4n) is 3.30. The van der Waals surface area contributed by atoms with Crippen molar-refractivity contribution in [2.45, 2.75) is 24.3 Å². The van der Waals surface area contributed by atoms with Gasteiger partial charge in [0.05, 0.1) is 6.54 Å². The van der Waals surface area contributed by atoms with Crippen molar-refractivity contribution in [2.75, 3.05) is 19.6 Å². The summed E-state index contributed by atoms with van der Waals surface area (Å²) >= 11 is 0. The fourth-order valence-corrected chi connectivity index (χ4v) is 3.30. The van der Waals surface area contributed by atoms with Gasteiger partial charge in [0.1, 0.15) is 23.2 Å². The Bertz CT molecular complexity index is 689. The van der Waals surface area contributed by atoms with Gasteiger partial charge in [0, 0.05) is 13.1 Å². The SMILES string of the molecule is NC(=O)CN1CC(Oc2ccc3c(c2C(=O)O)O[B]C2CC32)C1. The van der Waals surface area contributed by atoms with Gasteiger partial charge in [-0.05, 0) is 29.8 Å². The molecule has 3 aliphatic rings. The quantitative estimate of drug-likeness (QED) is 0.754. The van der Waals surface area contributed by atoms with Crippen LogP contribution in [-0.2, 0) is 4.79 Å². The van der Waals surface area contributed by atoms with Crippen LogP contribution in [0.3, 0.4) is 0 Å². The van der Waals surface area contributed by atoms with Crippen LogP contribution in [0, 0.1) is 0 Å². The van der Waals surface area contributed by atoms with Crippen LogP contribution in [0.15, 0.2) is 12.1 Å². The molecular weight excluding hydrogens is 299 g/mol. The lowest BCUT2D eigenvalue weighted by molar-refractivity contribution is -0.121. The smallest absolute Gasteiger partial charge is 0.373 e. The van der Waals surface area contributed by atoms with Crippen LogP contribution in [0.2, 0.25) is 5.82 Å². The number of hydrogen-bond donors (Lipinski definition) is 2. The molecule has 1 aromatic carbocycles. The van der Waals surface area contributed by atoms with Gasteiger partial charge in [0.25, 0.3) is 0 Å². The number of carbonyl (C=O) groups is 2. The Balaban J connectivity index is 1.53. The summed E-state index contributed by atoms with van der Waals surface area (Å²) in [5.74, 6) is 0.0594. The van der Waals surface area contributed by atoms with E-state index < -0.39 is 5.97 Å². The van der Waals surface area contributed by atoms with E-state index in [9.17, 15) is 14.7 Å². The lowest BCUT2D eigenvalue weighted by Crippen LogP contribution is -2.56. The number of primary amides is 1. The first kappa shape index (κ1) is 14.4. The molecule has 1 saturated carbocycles. The zero-order chi connectivity index (χ0) is 16.1. The number of hydrogen-bond acceptors (Lipinski definition) is 5. The van der Waals surface area contributed by atoms with E-state index in [1.807, 2.05) is 11.0 Å². The highest BCUT2D eigenvalue weighted by Gasteiger charge is 2.47. The molecule has 2 heterocycles. The van der Waals surface area contributed by atoms with Crippen LogP contribution >= 0.6 is 0 Å². The molecule has 1 aliphatic carbocycles.